The van der Waals surface area contributed by atoms with Crippen molar-refractivity contribution in [1.29, 1.82) is 0 Å². The molecule has 1 aromatic carbocycles. The van der Waals surface area contributed by atoms with E-state index in [0.29, 0.717) is 29.2 Å². The summed E-state index contributed by atoms with van der Waals surface area (Å²) in [7, 11) is 0. The van der Waals surface area contributed by atoms with E-state index >= 15 is 0 Å². The normalized spacial score (nSPS) is 11.1. The van der Waals surface area contributed by atoms with Gasteiger partial charge in [-0.05, 0) is 63.6 Å². The van der Waals surface area contributed by atoms with E-state index in [2.05, 4.69) is 20.7 Å². The first-order valence-electron chi connectivity index (χ1n) is 9.66. The van der Waals surface area contributed by atoms with Crippen LogP contribution in [0.1, 0.15) is 43.7 Å². The van der Waals surface area contributed by atoms with Crippen LogP contribution in [0.15, 0.2) is 54.9 Å². The summed E-state index contributed by atoms with van der Waals surface area (Å²) in [5, 5.41) is 9.84. The van der Waals surface area contributed by atoms with Crippen LogP contribution in [-0.2, 0) is 11.2 Å². The topological polar surface area (TPSA) is 98.1 Å². The van der Waals surface area contributed by atoms with Crippen molar-refractivity contribution in [3.63, 3.8) is 0 Å². The molecule has 8 nitrogen and oxygen atoms in total. The maximum Gasteiger partial charge on any atom is 0.412 e. The molecule has 0 aliphatic heterocycles. The monoisotopic (exact) mass is 407 g/mol. The van der Waals surface area contributed by atoms with Gasteiger partial charge in [-0.15, -0.1) is 0 Å². The lowest BCUT2D eigenvalue weighted by Gasteiger charge is -2.19. The number of benzene rings is 1. The van der Waals surface area contributed by atoms with E-state index in [1.165, 1.54) is 0 Å². The molecule has 2 N–H and O–H groups in total. The predicted octanol–water partition coefficient (Wildman–Crippen LogP) is 4.43. The van der Waals surface area contributed by atoms with Crippen LogP contribution in [0.4, 0.5) is 16.2 Å². The Labute approximate surface area is 175 Å². The van der Waals surface area contributed by atoms with E-state index in [9.17, 15) is 9.59 Å². The summed E-state index contributed by atoms with van der Waals surface area (Å²) in [6, 6.07) is 12.3. The van der Waals surface area contributed by atoms with Crippen LogP contribution in [0.25, 0.3) is 5.82 Å². The number of carbonyl (C=O) groups is 2. The number of ether oxygens (including phenoxy) is 1. The molecule has 0 aliphatic carbocycles. The summed E-state index contributed by atoms with van der Waals surface area (Å²) in [5.74, 6) is 0.396. The molecular formula is C22H25N5O3. The lowest BCUT2D eigenvalue weighted by atomic mass is 10.2. The first-order chi connectivity index (χ1) is 14.3. The molecule has 8 heteroatoms. The number of carbonyl (C=O) groups excluding carboxylic acids is 2. The molecule has 156 valence electrons. The van der Waals surface area contributed by atoms with Crippen molar-refractivity contribution in [1.82, 2.24) is 14.8 Å². The second-order valence-corrected chi connectivity index (χ2v) is 7.62. The molecule has 30 heavy (non-hydrogen) atoms. The average Bonchev–Trinajstić information content (AvgIpc) is 3.13. The summed E-state index contributed by atoms with van der Waals surface area (Å²) >= 11 is 0. The average molecular weight is 407 g/mol. The van der Waals surface area contributed by atoms with Gasteiger partial charge in [0.05, 0.1) is 17.5 Å². The number of pyridine rings is 1. The second kappa shape index (κ2) is 8.77. The third-order valence-corrected chi connectivity index (χ3v) is 4.10. The number of aromatic nitrogens is 3. The molecule has 0 fully saturated rings. The molecule has 0 unspecified atom stereocenters. The smallest absolute Gasteiger partial charge is 0.412 e. The number of hydrogen-bond donors (Lipinski definition) is 2. The minimum absolute atomic E-state index is 0.262. The summed E-state index contributed by atoms with van der Waals surface area (Å²) in [5.41, 5.74) is 1.85. The third-order valence-electron chi connectivity index (χ3n) is 4.10. The van der Waals surface area contributed by atoms with Crippen LogP contribution >= 0.6 is 0 Å². The van der Waals surface area contributed by atoms with E-state index in [1.54, 1.807) is 62.1 Å². The number of nitrogens with one attached hydrogen (secondary N) is 2. The Kier molecular flexibility index (Phi) is 6.15. The lowest BCUT2D eigenvalue weighted by molar-refractivity contribution is 0.0635. The molecule has 0 bridgehead atoms. The maximum absolute atomic E-state index is 12.8. The van der Waals surface area contributed by atoms with Crippen molar-refractivity contribution < 1.29 is 14.3 Å². The van der Waals surface area contributed by atoms with Gasteiger partial charge in [-0.2, -0.15) is 5.10 Å². The Morgan fingerprint density at radius 2 is 1.70 bits per heavy atom. The van der Waals surface area contributed by atoms with Crippen molar-refractivity contribution in [3.05, 3.63) is 66.1 Å². The van der Waals surface area contributed by atoms with Crippen LogP contribution in [-0.4, -0.2) is 32.4 Å². The van der Waals surface area contributed by atoms with E-state index < -0.39 is 11.7 Å². The van der Waals surface area contributed by atoms with Gasteiger partial charge in [-0.1, -0.05) is 13.0 Å². The molecule has 0 saturated carbocycles. The van der Waals surface area contributed by atoms with Crippen LogP contribution < -0.4 is 10.6 Å². The van der Waals surface area contributed by atoms with Gasteiger partial charge in [0.2, 0.25) is 0 Å². The van der Waals surface area contributed by atoms with Gasteiger partial charge in [0.15, 0.2) is 5.82 Å². The maximum atomic E-state index is 12.8. The molecule has 0 saturated heterocycles. The lowest BCUT2D eigenvalue weighted by Crippen LogP contribution is -2.27. The van der Waals surface area contributed by atoms with Crippen molar-refractivity contribution in [3.8, 4) is 5.82 Å². The minimum atomic E-state index is -0.575. The quantitative estimate of drug-likeness (QED) is 0.652. The number of rotatable bonds is 5. The van der Waals surface area contributed by atoms with Crippen LogP contribution in [0.5, 0.6) is 0 Å². The molecule has 0 atom stereocenters. The summed E-state index contributed by atoms with van der Waals surface area (Å²) < 4.78 is 6.89. The van der Waals surface area contributed by atoms with Gasteiger partial charge in [-0.25, -0.2) is 14.5 Å². The van der Waals surface area contributed by atoms with Gasteiger partial charge in [0.25, 0.3) is 5.91 Å². The largest absolute Gasteiger partial charge is 0.444 e. The summed E-state index contributed by atoms with van der Waals surface area (Å²) in [4.78, 5) is 28.9. The highest BCUT2D eigenvalue weighted by Gasteiger charge is 2.18. The fourth-order valence-electron chi connectivity index (χ4n) is 2.84. The number of anilines is 2. The molecule has 0 spiro atoms. The Morgan fingerprint density at radius 3 is 2.27 bits per heavy atom. The summed E-state index contributed by atoms with van der Waals surface area (Å²) in [6.07, 6.45) is 3.32. The Balaban J connectivity index is 1.69. The molecule has 2 heterocycles. The Morgan fingerprint density at radius 1 is 1.03 bits per heavy atom. The molecule has 2 aromatic heterocycles. The Bertz CT molecular complexity index is 1020. The molecule has 3 aromatic rings. The second-order valence-electron chi connectivity index (χ2n) is 7.62. The molecule has 3 rings (SSSR count). The highest BCUT2D eigenvalue weighted by Crippen LogP contribution is 2.19. The molecule has 0 radical (unpaired) electrons. The Hall–Kier alpha value is -3.68. The van der Waals surface area contributed by atoms with Crippen molar-refractivity contribution in [2.24, 2.45) is 0 Å². The van der Waals surface area contributed by atoms with Gasteiger partial charge in [0, 0.05) is 17.6 Å². The molecular weight excluding hydrogens is 382 g/mol. The van der Waals surface area contributed by atoms with Gasteiger partial charge in [-0.3, -0.25) is 10.1 Å². The van der Waals surface area contributed by atoms with Gasteiger partial charge < -0.3 is 10.1 Å². The van der Waals surface area contributed by atoms with E-state index in [0.717, 1.165) is 5.69 Å². The van der Waals surface area contributed by atoms with Crippen molar-refractivity contribution >= 4 is 23.4 Å². The zero-order chi connectivity index (χ0) is 21.7. The fourth-order valence-corrected chi connectivity index (χ4v) is 2.84. The van der Waals surface area contributed by atoms with Crippen LogP contribution in [0.2, 0.25) is 0 Å². The number of amides is 2. The van der Waals surface area contributed by atoms with E-state index in [4.69, 9.17) is 4.74 Å². The standard InChI is InChI=1S/C22H25N5O3/c1-5-18-17(14-24-27(18)19-8-6-7-13-23-19)20(28)25-15-9-11-16(12-10-15)26-21(29)30-22(2,3)4/h6-14H,5H2,1-4H3,(H,25,28)(H,26,29). The third kappa shape index (κ3) is 5.22. The number of nitrogens with zero attached hydrogens (tertiary/aromatic N) is 3. The molecule has 0 aliphatic rings. The first kappa shape index (κ1) is 21.0. The zero-order valence-electron chi connectivity index (χ0n) is 17.5. The number of hydrogen-bond acceptors (Lipinski definition) is 5. The highest BCUT2D eigenvalue weighted by molar-refractivity contribution is 6.05. The summed E-state index contributed by atoms with van der Waals surface area (Å²) in [6.45, 7) is 7.35. The van der Waals surface area contributed by atoms with Crippen molar-refractivity contribution in [2.75, 3.05) is 10.6 Å². The SMILES string of the molecule is CCc1c(C(=O)Nc2ccc(NC(=O)OC(C)(C)C)cc2)cnn1-c1ccccn1. The van der Waals surface area contributed by atoms with E-state index in [-0.39, 0.29) is 5.91 Å². The molecule has 2 amide bonds. The predicted molar refractivity (Wildman–Crippen MR) is 115 cm³/mol. The van der Waals surface area contributed by atoms with E-state index in [1.807, 2.05) is 25.1 Å². The van der Waals surface area contributed by atoms with Gasteiger partial charge in [0.1, 0.15) is 5.60 Å². The van der Waals surface area contributed by atoms with Crippen molar-refractivity contribution in [2.45, 2.75) is 39.7 Å². The first-order valence-corrected chi connectivity index (χ1v) is 9.66. The fraction of sp³-hybridized carbons (Fsp3) is 0.273. The van der Waals surface area contributed by atoms with Crippen LogP contribution in [0.3, 0.4) is 0 Å². The highest BCUT2D eigenvalue weighted by atomic mass is 16.6. The van der Waals surface area contributed by atoms with Gasteiger partial charge >= 0.3 is 6.09 Å². The van der Waals surface area contributed by atoms with Crippen LogP contribution in [0, 0.1) is 0 Å². The zero-order valence-corrected chi connectivity index (χ0v) is 17.5. The minimum Gasteiger partial charge on any atom is -0.444 e.